The van der Waals surface area contributed by atoms with E-state index in [1.807, 2.05) is 18.7 Å². The second kappa shape index (κ2) is 5.46. The zero-order valence-corrected chi connectivity index (χ0v) is 10.2. The van der Waals surface area contributed by atoms with E-state index < -0.39 is 0 Å². The molecule has 1 aromatic heterocycles. The number of nitrogens with zero attached hydrogens (tertiary/aromatic N) is 3. The molecule has 1 saturated heterocycles. The van der Waals surface area contributed by atoms with E-state index >= 15 is 0 Å². The summed E-state index contributed by atoms with van der Waals surface area (Å²) in [4.78, 5) is 6.57. The van der Waals surface area contributed by atoms with Gasteiger partial charge in [-0.3, -0.25) is 4.90 Å². The van der Waals surface area contributed by atoms with Crippen molar-refractivity contribution in [1.29, 1.82) is 0 Å². The molecule has 4 heteroatoms. The Morgan fingerprint density at radius 2 is 2.44 bits per heavy atom. The first-order valence-electron chi connectivity index (χ1n) is 6.11. The van der Waals surface area contributed by atoms with Gasteiger partial charge in [0.2, 0.25) is 0 Å². The molecule has 4 nitrogen and oxygen atoms in total. The van der Waals surface area contributed by atoms with E-state index in [4.69, 9.17) is 4.74 Å². The van der Waals surface area contributed by atoms with Crippen LogP contribution in [0.1, 0.15) is 20.3 Å². The summed E-state index contributed by atoms with van der Waals surface area (Å²) in [6.07, 6.45) is 7.17. The molecule has 0 saturated carbocycles. The standard InChI is InChI=1S/C12H21N3O/c1-3-11(2)15-6-7-16-12(9-15)8-14-5-4-13-10-14/h4-5,10-12H,3,6-9H2,1-2H3/t11?,12-/m1/s1. The van der Waals surface area contributed by atoms with Gasteiger partial charge in [-0.15, -0.1) is 0 Å². The Hall–Kier alpha value is -0.870. The Morgan fingerprint density at radius 3 is 3.12 bits per heavy atom. The average Bonchev–Trinajstić information content (AvgIpc) is 2.81. The molecule has 0 aromatic carbocycles. The highest BCUT2D eigenvalue weighted by Crippen LogP contribution is 2.12. The van der Waals surface area contributed by atoms with Crippen molar-refractivity contribution in [3.8, 4) is 0 Å². The van der Waals surface area contributed by atoms with Crippen LogP contribution in [0.5, 0.6) is 0 Å². The van der Waals surface area contributed by atoms with Crippen LogP contribution in [-0.4, -0.2) is 46.3 Å². The van der Waals surface area contributed by atoms with Crippen molar-refractivity contribution in [2.45, 2.75) is 39.0 Å². The molecule has 90 valence electrons. The minimum absolute atomic E-state index is 0.303. The van der Waals surface area contributed by atoms with Gasteiger partial charge in [-0.2, -0.15) is 0 Å². The molecular weight excluding hydrogens is 202 g/mol. The molecule has 1 aromatic rings. The summed E-state index contributed by atoms with van der Waals surface area (Å²) in [7, 11) is 0. The minimum atomic E-state index is 0.303. The van der Waals surface area contributed by atoms with Gasteiger partial charge in [-0.25, -0.2) is 4.98 Å². The van der Waals surface area contributed by atoms with Gasteiger partial charge in [0, 0.05) is 31.5 Å². The van der Waals surface area contributed by atoms with Crippen LogP contribution in [0.25, 0.3) is 0 Å². The first-order valence-corrected chi connectivity index (χ1v) is 6.11. The SMILES string of the molecule is CCC(C)N1CCO[C@H](Cn2ccnc2)C1. The highest BCUT2D eigenvalue weighted by atomic mass is 16.5. The largest absolute Gasteiger partial charge is 0.374 e. The van der Waals surface area contributed by atoms with Crippen molar-refractivity contribution in [1.82, 2.24) is 14.5 Å². The molecule has 1 unspecified atom stereocenters. The van der Waals surface area contributed by atoms with Crippen LogP contribution >= 0.6 is 0 Å². The molecule has 2 atom stereocenters. The van der Waals surface area contributed by atoms with E-state index in [1.54, 1.807) is 0 Å². The molecule has 0 radical (unpaired) electrons. The number of hydrogen-bond donors (Lipinski definition) is 0. The molecule has 0 aliphatic carbocycles. The Balaban J connectivity index is 1.87. The average molecular weight is 223 g/mol. The molecule has 0 N–H and O–H groups in total. The van der Waals surface area contributed by atoms with Crippen LogP contribution in [0, 0.1) is 0 Å². The van der Waals surface area contributed by atoms with Gasteiger partial charge >= 0.3 is 0 Å². The third-order valence-electron chi connectivity index (χ3n) is 3.36. The van der Waals surface area contributed by atoms with Gasteiger partial charge in [0.15, 0.2) is 0 Å². The van der Waals surface area contributed by atoms with E-state index in [0.717, 1.165) is 26.2 Å². The predicted octanol–water partition coefficient (Wildman–Crippen LogP) is 1.38. The zero-order chi connectivity index (χ0) is 11.4. The van der Waals surface area contributed by atoms with E-state index in [2.05, 4.69) is 28.3 Å². The molecule has 0 amide bonds. The Kier molecular flexibility index (Phi) is 3.96. The van der Waals surface area contributed by atoms with Crippen LogP contribution in [0.3, 0.4) is 0 Å². The summed E-state index contributed by atoms with van der Waals surface area (Å²) in [5, 5.41) is 0. The fourth-order valence-electron chi connectivity index (χ4n) is 2.14. The van der Waals surface area contributed by atoms with E-state index in [-0.39, 0.29) is 0 Å². The normalized spacial score (nSPS) is 24.5. The van der Waals surface area contributed by atoms with E-state index in [9.17, 15) is 0 Å². The first kappa shape index (κ1) is 11.6. The van der Waals surface area contributed by atoms with Crippen LogP contribution < -0.4 is 0 Å². The van der Waals surface area contributed by atoms with E-state index in [0.29, 0.717) is 12.1 Å². The van der Waals surface area contributed by atoms with E-state index in [1.165, 1.54) is 6.42 Å². The minimum Gasteiger partial charge on any atom is -0.374 e. The van der Waals surface area contributed by atoms with Crippen molar-refractivity contribution >= 4 is 0 Å². The van der Waals surface area contributed by atoms with Crippen molar-refractivity contribution < 1.29 is 4.74 Å². The Morgan fingerprint density at radius 1 is 1.56 bits per heavy atom. The molecular formula is C12H21N3O. The summed E-state index contributed by atoms with van der Waals surface area (Å²) in [6.45, 7) is 8.39. The maximum absolute atomic E-state index is 5.79. The first-order chi connectivity index (χ1) is 7.79. The second-order valence-electron chi connectivity index (χ2n) is 4.50. The van der Waals surface area contributed by atoms with Crippen molar-refractivity contribution in [3.05, 3.63) is 18.7 Å². The number of ether oxygens (including phenoxy) is 1. The fraction of sp³-hybridized carbons (Fsp3) is 0.750. The van der Waals surface area contributed by atoms with Crippen LogP contribution in [0.4, 0.5) is 0 Å². The summed E-state index contributed by atoms with van der Waals surface area (Å²) >= 11 is 0. The lowest BCUT2D eigenvalue weighted by Crippen LogP contribution is -2.47. The number of hydrogen-bond acceptors (Lipinski definition) is 3. The smallest absolute Gasteiger partial charge is 0.0946 e. The molecule has 1 aliphatic heterocycles. The third kappa shape index (κ3) is 2.83. The summed E-state index contributed by atoms with van der Waals surface area (Å²) in [5.41, 5.74) is 0. The predicted molar refractivity (Wildman–Crippen MR) is 63.3 cm³/mol. The van der Waals surface area contributed by atoms with Gasteiger partial charge in [0.25, 0.3) is 0 Å². The lowest BCUT2D eigenvalue weighted by molar-refractivity contribution is -0.0482. The van der Waals surface area contributed by atoms with Crippen LogP contribution in [0.15, 0.2) is 18.7 Å². The quantitative estimate of drug-likeness (QED) is 0.772. The van der Waals surface area contributed by atoms with Crippen molar-refractivity contribution in [2.24, 2.45) is 0 Å². The molecule has 0 spiro atoms. The Bertz CT molecular complexity index is 299. The lowest BCUT2D eigenvalue weighted by atomic mass is 10.1. The highest BCUT2D eigenvalue weighted by molar-refractivity contribution is 4.80. The molecule has 1 fully saturated rings. The van der Waals surface area contributed by atoms with Crippen LogP contribution in [-0.2, 0) is 11.3 Å². The third-order valence-corrected chi connectivity index (χ3v) is 3.36. The van der Waals surface area contributed by atoms with Gasteiger partial charge in [-0.1, -0.05) is 6.92 Å². The maximum atomic E-state index is 5.79. The van der Waals surface area contributed by atoms with Gasteiger partial charge in [0.05, 0.1) is 25.6 Å². The van der Waals surface area contributed by atoms with Gasteiger partial charge in [0.1, 0.15) is 0 Å². The summed E-state index contributed by atoms with van der Waals surface area (Å²) in [5.74, 6) is 0. The van der Waals surface area contributed by atoms with Crippen molar-refractivity contribution in [3.63, 3.8) is 0 Å². The monoisotopic (exact) mass is 223 g/mol. The van der Waals surface area contributed by atoms with Crippen molar-refractivity contribution in [2.75, 3.05) is 19.7 Å². The van der Waals surface area contributed by atoms with Gasteiger partial charge in [-0.05, 0) is 13.3 Å². The summed E-state index contributed by atoms with van der Waals surface area (Å²) in [6, 6.07) is 0.661. The maximum Gasteiger partial charge on any atom is 0.0946 e. The molecule has 0 bridgehead atoms. The van der Waals surface area contributed by atoms with Gasteiger partial charge < -0.3 is 9.30 Å². The fourth-order valence-corrected chi connectivity index (χ4v) is 2.14. The lowest BCUT2D eigenvalue weighted by Gasteiger charge is -2.36. The second-order valence-corrected chi connectivity index (χ2v) is 4.50. The number of morpholine rings is 1. The number of rotatable bonds is 4. The molecule has 1 aliphatic rings. The summed E-state index contributed by atoms with van der Waals surface area (Å²) < 4.78 is 7.87. The van der Waals surface area contributed by atoms with Crippen LogP contribution in [0.2, 0.25) is 0 Å². The number of imidazole rings is 1. The molecule has 2 rings (SSSR count). The highest BCUT2D eigenvalue weighted by Gasteiger charge is 2.23. The molecule has 16 heavy (non-hydrogen) atoms. The Labute approximate surface area is 97.2 Å². The molecule has 2 heterocycles. The topological polar surface area (TPSA) is 30.3 Å². The zero-order valence-electron chi connectivity index (χ0n) is 10.2. The number of aromatic nitrogens is 2.